The molecule has 4 nitrogen and oxygen atoms in total. The monoisotopic (exact) mass is 456 g/mol. The molecule has 0 aliphatic heterocycles. The fraction of sp³-hybridized carbons (Fsp3) is 0.300. The van der Waals surface area contributed by atoms with Crippen molar-refractivity contribution in [2.45, 2.75) is 37.8 Å². The molecule has 0 spiro atoms. The summed E-state index contributed by atoms with van der Waals surface area (Å²) in [6.45, 7) is 0. The van der Waals surface area contributed by atoms with Gasteiger partial charge in [-0.05, 0) is 37.1 Å². The van der Waals surface area contributed by atoms with Gasteiger partial charge in [-0.1, -0.05) is 37.1 Å². The van der Waals surface area contributed by atoms with Gasteiger partial charge >= 0.3 is 0 Å². The second-order valence-electron chi connectivity index (χ2n) is 6.09. The summed E-state index contributed by atoms with van der Waals surface area (Å²) in [5.41, 5.74) is 1.46. The van der Waals surface area contributed by atoms with Crippen LogP contribution in [0.4, 0.5) is 0 Å². The Balaban J connectivity index is 0.00000169. The third-order valence-corrected chi connectivity index (χ3v) is 4.38. The van der Waals surface area contributed by atoms with Crippen molar-refractivity contribution in [1.82, 2.24) is 0 Å². The van der Waals surface area contributed by atoms with E-state index < -0.39 is 0 Å². The minimum Gasteiger partial charge on any atom is -1.00 e. The summed E-state index contributed by atoms with van der Waals surface area (Å²) in [6, 6.07) is 14.6. The van der Waals surface area contributed by atoms with Crippen LogP contribution in [0.2, 0.25) is 0 Å². The molecule has 26 heavy (non-hydrogen) atoms. The van der Waals surface area contributed by atoms with Gasteiger partial charge in [-0.2, -0.15) is 0 Å². The summed E-state index contributed by atoms with van der Waals surface area (Å²) < 4.78 is 0. The summed E-state index contributed by atoms with van der Waals surface area (Å²) in [4.78, 5) is 9.34. The maximum Gasteiger partial charge on any atom is 0.124 e. The molecule has 0 unspecified atom stereocenters. The largest absolute Gasteiger partial charge is 1.00 e. The summed E-state index contributed by atoms with van der Waals surface area (Å²) in [5.74, 6) is 0.484. The zero-order valence-corrected chi connectivity index (χ0v) is 17.1. The number of aromatic hydroxyl groups is 2. The Labute approximate surface area is 175 Å². The predicted molar refractivity (Wildman–Crippen MR) is 97.4 cm³/mol. The molecular formula is C20H22BrMnN2O2-. The first kappa shape index (κ1) is 22.4. The third-order valence-electron chi connectivity index (χ3n) is 4.38. The Morgan fingerprint density at radius 3 is 1.50 bits per heavy atom. The Morgan fingerprint density at radius 2 is 1.12 bits per heavy atom. The van der Waals surface area contributed by atoms with Crippen LogP contribution in [0.25, 0.3) is 0 Å². The Kier molecular flexibility index (Phi) is 9.63. The van der Waals surface area contributed by atoms with E-state index in [0.29, 0.717) is 0 Å². The van der Waals surface area contributed by atoms with E-state index in [-0.39, 0.29) is 57.6 Å². The molecule has 3 rings (SSSR count). The van der Waals surface area contributed by atoms with Crippen molar-refractivity contribution < 1.29 is 44.3 Å². The second kappa shape index (κ2) is 11.2. The van der Waals surface area contributed by atoms with Crippen molar-refractivity contribution in [1.29, 1.82) is 0 Å². The molecule has 2 N–H and O–H groups in total. The van der Waals surface area contributed by atoms with Crippen molar-refractivity contribution in [2.24, 2.45) is 9.98 Å². The molecule has 1 aliphatic carbocycles. The first-order valence-electron chi connectivity index (χ1n) is 8.36. The normalized spacial score (nSPS) is 19.8. The van der Waals surface area contributed by atoms with Gasteiger partial charge in [0.2, 0.25) is 0 Å². The standard InChI is InChI=1S/C20H22N2O2.BrH.Mn/c23-19-11-5-1-7-15(19)13-21-17-9-3-4-10-18(17)22-14-16-8-2-6-12-20(16)24;;/h1-2,5-8,11-14,17-18,23-24H,3-4,9-10H2;1H;/p-1/t17-,18-;;/m1../s1. The zero-order valence-electron chi connectivity index (χ0n) is 14.3. The number of hydrogen-bond donors (Lipinski definition) is 2. The van der Waals surface area contributed by atoms with E-state index in [1.807, 2.05) is 24.3 Å². The van der Waals surface area contributed by atoms with E-state index in [0.717, 1.165) is 36.8 Å². The van der Waals surface area contributed by atoms with Crippen LogP contribution in [0.1, 0.15) is 36.8 Å². The van der Waals surface area contributed by atoms with Crippen molar-refractivity contribution in [3.05, 3.63) is 59.7 Å². The Morgan fingerprint density at radius 1 is 0.731 bits per heavy atom. The molecule has 6 heteroatoms. The molecule has 2 atom stereocenters. The number of rotatable bonds is 4. The number of para-hydroxylation sites is 2. The molecule has 0 bridgehead atoms. The third kappa shape index (κ3) is 5.97. The van der Waals surface area contributed by atoms with E-state index in [9.17, 15) is 10.2 Å². The predicted octanol–water partition coefficient (Wildman–Crippen LogP) is 0.948. The average Bonchev–Trinajstić information content (AvgIpc) is 2.61. The van der Waals surface area contributed by atoms with E-state index in [1.165, 1.54) is 0 Å². The Bertz CT molecular complexity index is 689. The molecule has 1 saturated carbocycles. The number of nitrogens with zero attached hydrogens (tertiary/aromatic N) is 2. The molecular weight excluding hydrogens is 435 g/mol. The molecule has 1 radical (unpaired) electrons. The SMILES string of the molecule is Oc1ccccc1C=N[C@@H]1CCCC[C@H]1N=Cc1ccccc1O.[Br-].[Mn]. The van der Waals surface area contributed by atoms with E-state index in [1.54, 1.807) is 36.7 Å². The van der Waals surface area contributed by atoms with Gasteiger partial charge < -0.3 is 27.2 Å². The van der Waals surface area contributed by atoms with Gasteiger partial charge in [-0.25, -0.2) is 0 Å². The van der Waals surface area contributed by atoms with Gasteiger partial charge in [0.1, 0.15) is 11.5 Å². The van der Waals surface area contributed by atoms with E-state index in [2.05, 4.69) is 9.98 Å². The van der Waals surface area contributed by atoms with E-state index in [4.69, 9.17) is 0 Å². The van der Waals surface area contributed by atoms with Crippen molar-refractivity contribution >= 4 is 12.4 Å². The molecule has 2 aromatic carbocycles. The number of aliphatic imine (C=N–C) groups is 2. The van der Waals surface area contributed by atoms with Gasteiger partial charge in [0, 0.05) is 40.6 Å². The van der Waals surface area contributed by atoms with Crippen LogP contribution in [0.15, 0.2) is 58.5 Å². The van der Waals surface area contributed by atoms with Crippen LogP contribution in [0.3, 0.4) is 0 Å². The molecule has 2 aromatic rings. The van der Waals surface area contributed by atoms with Crippen LogP contribution in [0.5, 0.6) is 11.5 Å². The van der Waals surface area contributed by atoms with Gasteiger partial charge in [0.25, 0.3) is 0 Å². The molecule has 0 aromatic heterocycles. The van der Waals surface area contributed by atoms with Crippen LogP contribution >= 0.6 is 0 Å². The molecule has 0 saturated heterocycles. The van der Waals surface area contributed by atoms with Crippen molar-refractivity contribution in [2.75, 3.05) is 0 Å². The fourth-order valence-electron chi connectivity index (χ4n) is 2.98. The molecule has 1 aliphatic rings. The quantitative estimate of drug-likeness (QED) is 0.531. The second-order valence-corrected chi connectivity index (χ2v) is 6.09. The summed E-state index contributed by atoms with van der Waals surface area (Å²) in [7, 11) is 0. The molecule has 0 heterocycles. The van der Waals surface area contributed by atoms with Gasteiger partial charge in [0.05, 0.1) is 12.1 Å². The summed E-state index contributed by atoms with van der Waals surface area (Å²) >= 11 is 0. The number of halogens is 1. The van der Waals surface area contributed by atoms with Crippen molar-refractivity contribution in [3.63, 3.8) is 0 Å². The van der Waals surface area contributed by atoms with Gasteiger partial charge in [0.15, 0.2) is 0 Å². The summed E-state index contributed by atoms with van der Waals surface area (Å²) in [5, 5.41) is 19.7. The fourth-order valence-corrected chi connectivity index (χ4v) is 2.98. The van der Waals surface area contributed by atoms with Crippen LogP contribution < -0.4 is 17.0 Å². The maximum absolute atomic E-state index is 9.84. The van der Waals surface area contributed by atoms with Gasteiger partial charge in [-0.15, -0.1) is 0 Å². The minimum absolute atomic E-state index is 0. The average molecular weight is 457 g/mol. The topological polar surface area (TPSA) is 65.2 Å². The number of phenols is 2. The minimum atomic E-state index is 0. The van der Waals surface area contributed by atoms with Crippen molar-refractivity contribution in [3.8, 4) is 11.5 Å². The van der Waals surface area contributed by atoms with Crippen LogP contribution in [0, 0.1) is 0 Å². The molecule has 1 fully saturated rings. The maximum atomic E-state index is 9.84. The Hall–Kier alpha value is -1.62. The van der Waals surface area contributed by atoms with E-state index >= 15 is 0 Å². The van der Waals surface area contributed by atoms with Crippen LogP contribution in [-0.4, -0.2) is 34.7 Å². The van der Waals surface area contributed by atoms with Gasteiger partial charge in [-0.3, -0.25) is 9.98 Å². The molecule has 139 valence electrons. The number of hydrogen-bond acceptors (Lipinski definition) is 4. The summed E-state index contributed by atoms with van der Waals surface area (Å²) in [6.07, 6.45) is 7.76. The zero-order chi connectivity index (χ0) is 16.8. The van der Waals surface area contributed by atoms with Crippen LogP contribution in [-0.2, 0) is 17.1 Å². The molecule has 0 amide bonds. The first-order valence-corrected chi connectivity index (χ1v) is 8.36. The first-order chi connectivity index (χ1) is 11.7. The number of benzene rings is 2. The smallest absolute Gasteiger partial charge is 0.124 e. The number of phenolic OH excluding ortho intramolecular Hbond substituents is 2.